The molecule has 124 valence electrons. The van der Waals surface area contributed by atoms with Crippen molar-refractivity contribution < 1.29 is 8.42 Å². The van der Waals surface area contributed by atoms with Gasteiger partial charge in [0.05, 0.1) is 12.8 Å². The van der Waals surface area contributed by atoms with Gasteiger partial charge in [-0.2, -0.15) is 11.8 Å². The number of guanidine groups is 1. The summed E-state index contributed by atoms with van der Waals surface area (Å²) in [5, 5.41) is 7.18. The zero-order chi connectivity index (χ0) is 15.9. The summed E-state index contributed by atoms with van der Waals surface area (Å²) >= 11 is 2.00. The summed E-state index contributed by atoms with van der Waals surface area (Å²) < 4.78 is 25.2. The van der Waals surface area contributed by atoms with Crippen molar-refractivity contribution in [1.29, 1.82) is 0 Å². The minimum atomic E-state index is -3.23. The number of hydrogen-bond acceptors (Lipinski definition) is 4. The second kappa shape index (κ2) is 8.24. The molecule has 0 aromatic carbocycles. The third kappa shape index (κ3) is 8.53. The van der Waals surface area contributed by atoms with Gasteiger partial charge in [0.15, 0.2) is 5.96 Å². The lowest BCUT2D eigenvalue weighted by Gasteiger charge is -2.23. The highest BCUT2D eigenvalue weighted by atomic mass is 32.2. The van der Waals surface area contributed by atoms with Crippen LogP contribution in [0.15, 0.2) is 4.99 Å². The molecular weight excluding hydrogens is 308 g/mol. The molecule has 0 radical (unpaired) electrons. The highest BCUT2D eigenvalue weighted by Crippen LogP contribution is 2.25. The number of nitrogens with one attached hydrogen (secondary N) is 3. The third-order valence-corrected chi connectivity index (χ3v) is 5.28. The van der Waals surface area contributed by atoms with Gasteiger partial charge in [0, 0.05) is 23.9 Å². The summed E-state index contributed by atoms with van der Waals surface area (Å²) in [5.41, 5.74) is -0.599. The number of hydrogen-bond donors (Lipinski definition) is 3. The van der Waals surface area contributed by atoms with Crippen LogP contribution in [-0.4, -0.2) is 56.8 Å². The van der Waals surface area contributed by atoms with E-state index in [1.165, 1.54) is 24.9 Å². The second-order valence-electron chi connectivity index (χ2n) is 5.97. The Morgan fingerprint density at radius 3 is 2.62 bits per heavy atom. The van der Waals surface area contributed by atoms with Gasteiger partial charge in [-0.3, -0.25) is 4.99 Å². The van der Waals surface area contributed by atoms with Crippen molar-refractivity contribution in [3.05, 3.63) is 0 Å². The molecule has 0 saturated carbocycles. The zero-order valence-electron chi connectivity index (χ0n) is 13.4. The zero-order valence-corrected chi connectivity index (χ0v) is 15.0. The molecule has 0 aromatic heterocycles. The van der Waals surface area contributed by atoms with Crippen molar-refractivity contribution in [3.8, 4) is 0 Å². The van der Waals surface area contributed by atoms with Gasteiger partial charge in [-0.05, 0) is 39.4 Å². The van der Waals surface area contributed by atoms with Crippen molar-refractivity contribution in [2.24, 2.45) is 4.99 Å². The van der Waals surface area contributed by atoms with Gasteiger partial charge in [-0.1, -0.05) is 0 Å². The van der Waals surface area contributed by atoms with Crippen molar-refractivity contribution in [1.82, 2.24) is 15.4 Å². The largest absolute Gasteiger partial charge is 0.357 e. The molecule has 1 fully saturated rings. The molecule has 0 bridgehead atoms. The van der Waals surface area contributed by atoms with E-state index in [-0.39, 0.29) is 0 Å². The Hall–Kier alpha value is -0.470. The molecule has 3 N–H and O–H groups in total. The standard InChI is InChI=1S/C13H28N4O2S2/c1-5-14-12(15-9-11-7-6-8-20-11)16-10-13(2,3)17-21(4,18)19/h11,17H,5-10H2,1-4H3,(H2,14,15,16). The molecule has 1 atom stereocenters. The van der Waals surface area contributed by atoms with Crippen LogP contribution in [0, 0.1) is 0 Å². The molecule has 1 aliphatic rings. The predicted molar refractivity (Wildman–Crippen MR) is 91.5 cm³/mol. The average molecular weight is 337 g/mol. The molecule has 0 spiro atoms. The van der Waals surface area contributed by atoms with Crippen LogP contribution < -0.4 is 15.4 Å². The van der Waals surface area contributed by atoms with Crippen LogP contribution in [0.3, 0.4) is 0 Å². The maximum absolute atomic E-state index is 11.3. The van der Waals surface area contributed by atoms with Crippen molar-refractivity contribution in [2.45, 2.75) is 44.4 Å². The third-order valence-electron chi connectivity index (χ3n) is 2.96. The van der Waals surface area contributed by atoms with Crippen molar-refractivity contribution in [3.63, 3.8) is 0 Å². The highest BCUT2D eigenvalue weighted by molar-refractivity contribution is 8.00. The fraction of sp³-hybridized carbons (Fsp3) is 0.923. The first-order valence-electron chi connectivity index (χ1n) is 7.34. The lowest BCUT2D eigenvalue weighted by Crippen LogP contribution is -2.47. The number of rotatable bonds is 7. The quantitative estimate of drug-likeness (QED) is 0.472. The lowest BCUT2D eigenvalue weighted by atomic mass is 10.1. The summed E-state index contributed by atoms with van der Waals surface area (Å²) in [6, 6.07) is 0. The molecule has 0 aromatic rings. The molecule has 1 aliphatic heterocycles. The van der Waals surface area contributed by atoms with Crippen molar-refractivity contribution >= 4 is 27.7 Å². The van der Waals surface area contributed by atoms with Gasteiger partial charge < -0.3 is 10.6 Å². The first-order chi connectivity index (χ1) is 9.72. The molecule has 8 heteroatoms. The number of nitrogens with zero attached hydrogens (tertiary/aromatic N) is 1. The first-order valence-corrected chi connectivity index (χ1v) is 10.3. The van der Waals surface area contributed by atoms with Crippen LogP contribution in [0.2, 0.25) is 0 Å². The summed E-state index contributed by atoms with van der Waals surface area (Å²) in [6.07, 6.45) is 3.70. The van der Waals surface area contributed by atoms with E-state index in [1.54, 1.807) is 0 Å². The minimum absolute atomic E-state index is 0.382. The van der Waals surface area contributed by atoms with E-state index in [0.717, 1.165) is 19.0 Å². The smallest absolute Gasteiger partial charge is 0.209 e. The normalized spacial score (nSPS) is 20.6. The maximum Gasteiger partial charge on any atom is 0.209 e. The fourth-order valence-corrected chi connectivity index (χ4v) is 4.44. The van der Waals surface area contributed by atoms with E-state index in [9.17, 15) is 8.42 Å². The van der Waals surface area contributed by atoms with E-state index < -0.39 is 15.6 Å². The average Bonchev–Trinajstić information content (AvgIpc) is 2.83. The van der Waals surface area contributed by atoms with E-state index in [2.05, 4.69) is 20.3 Å². The van der Waals surface area contributed by atoms with Crippen LogP contribution in [0.1, 0.15) is 33.6 Å². The molecule has 1 unspecified atom stereocenters. The fourth-order valence-electron chi connectivity index (χ4n) is 2.17. The molecular formula is C13H28N4O2S2. The highest BCUT2D eigenvalue weighted by Gasteiger charge is 2.22. The topological polar surface area (TPSA) is 82.6 Å². The van der Waals surface area contributed by atoms with Gasteiger partial charge in [0.25, 0.3) is 0 Å². The number of aliphatic imine (C=N–C) groups is 1. The first kappa shape index (κ1) is 18.6. The van der Waals surface area contributed by atoms with Crippen LogP contribution in [0.25, 0.3) is 0 Å². The second-order valence-corrected chi connectivity index (χ2v) is 9.13. The van der Waals surface area contributed by atoms with Gasteiger partial charge >= 0.3 is 0 Å². The molecule has 1 saturated heterocycles. The minimum Gasteiger partial charge on any atom is -0.357 e. The van der Waals surface area contributed by atoms with E-state index in [1.807, 2.05) is 32.5 Å². The van der Waals surface area contributed by atoms with Crippen LogP contribution in [-0.2, 0) is 10.0 Å². The van der Waals surface area contributed by atoms with Crippen molar-refractivity contribution in [2.75, 3.05) is 31.6 Å². The Kier molecular flexibility index (Phi) is 7.29. The molecule has 21 heavy (non-hydrogen) atoms. The Morgan fingerprint density at radius 1 is 1.38 bits per heavy atom. The van der Waals surface area contributed by atoms with E-state index in [4.69, 9.17) is 0 Å². The maximum atomic E-state index is 11.3. The summed E-state index contributed by atoms with van der Waals surface area (Å²) in [6.45, 7) is 7.73. The Balaban J connectivity index is 2.53. The molecule has 1 heterocycles. The van der Waals surface area contributed by atoms with Gasteiger partial charge in [-0.15, -0.1) is 0 Å². The van der Waals surface area contributed by atoms with Gasteiger partial charge in [0.2, 0.25) is 10.0 Å². The lowest BCUT2D eigenvalue weighted by molar-refractivity contribution is 0.464. The van der Waals surface area contributed by atoms with E-state index >= 15 is 0 Å². The number of sulfonamides is 1. The summed E-state index contributed by atoms with van der Waals surface area (Å²) in [5.74, 6) is 1.99. The SMILES string of the molecule is CCNC(=NCC(C)(C)NS(C)(=O)=O)NCC1CCCS1. The van der Waals surface area contributed by atoms with Crippen LogP contribution >= 0.6 is 11.8 Å². The van der Waals surface area contributed by atoms with Crippen LogP contribution in [0.4, 0.5) is 0 Å². The number of thioether (sulfide) groups is 1. The molecule has 0 aliphatic carbocycles. The molecule has 1 rings (SSSR count). The summed E-state index contributed by atoms with van der Waals surface area (Å²) in [4.78, 5) is 4.49. The van der Waals surface area contributed by atoms with E-state index in [0.29, 0.717) is 11.8 Å². The van der Waals surface area contributed by atoms with Crippen LogP contribution in [0.5, 0.6) is 0 Å². The molecule has 6 nitrogen and oxygen atoms in total. The Morgan fingerprint density at radius 2 is 2.10 bits per heavy atom. The Labute approximate surface area is 133 Å². The predicted octanol–water partition coefficient (Wildman–Crippen LogP) is 0.765. The monoisotopic (exact) mass is 336 g/mol. The Bertz CT molecular complexity index is 443. The van der Waals surface area contributed by atoms with Gasteiger partial charge in [-0.25, -0.2) is 13.1 Å². The van der Waals surface area contributed by atoms with Gasteiger partial charge in [0.1, 0.15) is 0 Å². The molecule has 0 amide bonds. The summed E-state index contributed by atoms with van der Waals surface area (Å²) in [7, 11) is -3.23.